The Bertz CT molecular complexity index is 1230. The van der Waals surface area contributed by atoms with Gasteiger partial charge in [-0.15, -0.1) is 0 Å². The van der Waals surface area contributed by atoms with Crippen LogP contribution in [-0.2, 0) is 20.9 Å². The van der Waals surface area contributed by atoms with E-state index in [1.165, 1.54) is 6.21 Å². The van der Waals surface area contributed by atoms with Crippen LogP contribution < -0.4 is 25.5 Å². The van der Waals surface area contributed by atoms with Crippen molar-refractivity contribution in [3.63, 3.8) is 0 Å². The maximum Gasteiger partial charge on any atom is 0.329 e. The van der Waals surface area contributed by atoms with Gasteiger partial charge in [-0.05, 0) is 54.8 Å². The van der Waals surface area contributed by atoms with E-state index in [4.69, 9.17) is 9.47 Å². The monoisotopic (exact) mass is 488 g/mol. The van der Waals surface area contributed by atoms with Gasteiger partial charge in [-0.1, -0.05) is 48.5 Å². The molecule has 0 saturated carbocycles. The molecule has 3 N–H and O–H groups in total. The van der Waals surface area contributed by atoms with Crippen LogP contribution in [0.3, 0.4) is 0 Å². The molecule has 3 amide bonds. The van der Waals surface area contributed by atoms with E-state index in [-0.39, 0.29) is 19.1 Å². The molecule has 0 aromatic heterocycles. The summed E-state index contributed by atoms with van der Waals surface area (Å²) in [5.74, 6) is -1.17. The summed E-state index contributed by atoms with van der Waals surface area (Å²) < 4.78 is 11.3. The highest BCUT2D eigenvalue weighted by molar-refractivity contribution is 6.35. The second kappa shape index (κ2) is 13.3. The number of carbonyl (C=O) groups excluding carboxylic acids is 3. The van der Waals surface area contributed by atoms with E-state index in [0.29, 0.717) is 23.7 Å². The molecule has 0 radical (unpaired) electrons. The predicted molar refractivity (Wildman–Crippen MR) is 137 cm³/mol. The van der Waals surface area contributed by atoms with Gasteiger partial charge in [0.25, 0.3) is 5.91 Å². The van der Waals surface area contributed by atoms with Crippen LogP contribution in [0.25, 0.3) is 0 Å². The number of hydrogen-bond acceptors (Lipinski definition) is 6. The molecule has 36 heavy (non-hydrogen) atoms. The number of carbonyl (C=O) groups is 3. The minimum atomic E-state index is -0.883. The Morgan fingerprint density at radius 1 is 0.889 bits per heavy atom. The lowest BCUT2D eigenvalue weighted by molar-refractivity contribution is -0.139. The third-order valence-corrected chi connectivity index (χ3v) is 4.93. The number of anilines is 1. The first-order chi connectivity index (χ1) is 17.5. The molecule has 3 rings (SSSR count). The van der Waals surface area contributed by atoms with Crippen LogP contribution in [-0.4, -0.2) is 37.1 Å². The first-order valence-electron chi connectivity index (χ1n) is 11.4. The molecule has 0 aliphatic carbocycles. The number of hydrogen-bond donors (Lipinski definition) is 3. The van der Waals surface area contributed by atoms with Crippen LogP contribution in [0.2, 0.25) is 0 Å². The zero-order valence-corrected chi connectivity index (χ0v) is 20.1. The fraction of sp³-hybridized carbons (Fsp3) is 0.185. The van der Waals surface area contributed by atoms with Crippen molar-refractivity contribution in [2.24, 2.45) is 5.10 Å². The summed E-state index contributed by atoms with van der Waals surface area (Å²) in [6, 6.07) is 21.7. The number of para-hydroxylation sites is 1. The fourth-order valence-corrected chi connectivity index (χ4v) is 3.11. The maximum absolute atomic E-state index is 12.3. The number of rotatable bonds is 10. The van der Waals surface area contributed by atoms with Crippen molar-refractivity contribution in [1.82, 2.24) is 10.7 Å². The van der Waals surface area contributed by atoms with E-state index in [1.54, 1.807) is 18.2 Å². The number of ether oxygens (including phenoxy) is 2. The Morgan fingerprint density at radius 2 is 1.64 bits per heavy atom. The quantitative estimate of drug-likeness (QED) is 0.230. The van der Waals surface area contributed by atoms with Crippen molar-refractivity contribution in [1.29, 1.82) is 0 Å². The first kappa shape index (κ1) is 26.0. The number of nitrogens with zero attached hydrogens (tertiary/aromatic N) is 1. The number of nitrogens with one attached hydrogen (secondary N) is 3. The van der Waals surface area contributed by atoms with Gasteiger partial charge < -0.3 is 20.1 Å². The molecule has 3 aromatic carbocycles. The molecule has 9 nitrogen and oxygen atoms in total. The standard InChI is InChI=1S/C27H28N4O5/c1-3-35-24-15-21(17-29-31-27(34)26(33)28-16-20-10-5-4-6-11-20)13-14-23(24)36-18-25(32)30-22-12-8-7-9-19(22)2/h4-15,17H,3,16,18H2,1-2H3,(H,28,33)(H,30,32)(H,31,34)/b29-17-. The van der Waals surface area contributed by atoms with Crippen molar-refractivity contribution in [2.75, 3.05) is 18.5 Å². The SMILES string of the molecule is CCOc1cc(/C=N\NC(=O)C(=O)NCc2ccccc2)ccc1OCC(=O)Nc1ccccc1C. The predicted octanol–water partition coefficient (Wildman–Crippen LogP) is 3.18. The molecular formula is C27H28N4O5. The number of aryl methyl sites for hydroxylation is 1. The van der Waals surface area contributed by atoms with Crippen LogP contribution in [0.4, 0.5) is 5.69 Å². The van der Waals surface area contributed by atoms with E-state index < -0.39 is 11.8 Å². The normalized spacial score (nSPS) is 10.5. The Balaban J connectivity index is 1.53. The van der Waals surface area contributed by atoms with Crippen molar-refractivity contribution < 1.29 is 23.9 Å². The van der Waals surface area contributed by atoms with E-state index in [9.17, 15) is 14.4 Å². The van der Waals surface area contributed by atoms with Gasteiger partial charge in [-0.3, -0.25) is 14.4 Å². The van der Waals surface area contributed by atoms with Crippen LogP contribution in [0.15, 0.2) is 77.9 Å². The average Bonchev–Trinajstić information content (AvgIpc) is 2.89. The van der Waals surface area contributed by atoms with Crippen LogP contribution in [0.1, 0.15) is 23.6 Å². The summed E-state index contributed by atoms with van der Waals surface area (Å²) in [6.07, 6.45) is 1.37. The smallest absolute Gasteiger partial charge is 0.329 e. The molecule has 0 fully saturated rings. The first-order valence-corrected chi connectivity index (χ1v) is 11.4. The fourth-order valence-electron chi connectivity index (χ4n) is 3.11. The summed E-state index contributed by atoms with van der Waals surface area (Å²) in [6.45, 7) is 4.15. The van der Waals surface area contributed by atoms with E-state index >= 15 is 0 Å². The van der Waals surface area contributed by atoms with Crippen LogP contribution >= 0.6 is 0 Å². The Labute approximate surface area is 209 Å². The van der Waals surface area contributed by atoms with Crippen molar-refractivity contribution in [2.45, 2.75) is 20.4 Å². The van der Waals surface area contributed by atoms with Crippen LogP contribution in [0.5, 0.6) is 11.5 Å². The van der Waals surface area contributed by atoms with Gasteiger partial charge in [0.1, 0.15) is 0 Å². The summed E-state index contributed by atoms with van der Waals surface area (Å²) >= 11 is 0. The average molecular weight is 489 g/mol. The third-order valence-electron chi connectivity index (χ3n) is 4.93. The summed E-state index contributed by atoms with van der Waals surface area (Å²) in [4.78, 5) is 36.2. The second-order valence-electron chi connectivity index (χ2n) is 7.66. The lowest BCUT2D eigenvalue weighted by Crippen LogP contribution is -2.37. The van der Waals surface area contributed by atoms with Crippen molar-refractivity contribution in [3.8, 4) is 11.5 Å². The molecular weight excluding hydrogens is 460 g/mol. The zero-order chi connectivity index (χ0) is 25.8. The number of amides is 3. The van der Waals surface area contributed by atoms with Gasteiger partial charge in [0.2, 0.25) is 0 Å². The van der Waals surface area contributed by atoms with Gasteiger partial charge in [0.15, 0.2) is 18.1 Å². The minimum Gasteiger partial charge on any atom is -0.490 e. The largest absolute Gasteiger partial charge is 0.490 e. The lowest BCUT2D eigenvalue weighted by Gasteiger charge is -2.13. The van der Waals surface area contributed by atoms with Gasteiger partial charge >= 0.3 is 11.8 Å². The summed E-state index contributed by atoms with van der Waals surface area (Å²) in [5, 5.41) is 9.17. The number of hydrazone groups is 1. The third kappa shape index (κ3) is 7.98. The Hall–Kier alpha value is -4.66. The molecule has 0 heterocycles. The topological polar surface area (TPSA) is 118 Å². The Kier molecular flexibility index (Phi) is 9.58. The molecule has 0 atom stereocenters. The summed E-state index contributed by atoms with van der Waals surface area (Å²) in [7, 11) is 0. The molecule has 186 valence electrons. The van der Waals surface area contributed by atoms with Gasteiger partial charge in [-0.2, -0.15) is 5.10 Å². The lowest BCUT2D eigenvalue weighted by atomic mass is 10.2. The molecule has 0 saturated heterocycles. The summed E-state index contributed by atoms with van der Waals surface area (Å²) in [5.41, 5.74) is 5.34. The second-order valence-corrected chi connectivity index (χ2v) is 7.66. The van der Waals surface area contributed by atoms with Crippen molar-refractivity contribution >= 4 is 29.6 Å². The molecule has 9 heteroatoms. The highest BCUT2D eigenvalue weighted by Crippen LogP contribution is 2.28. The maximum atomic E-state index is 12.3. The Morgan fingerprint density at radius 3 is 2.39 bits per heavy atom. The van der Waals surface area contributed by atoms with Gasteiger partial charge in [-0.25, -0.2) is 5.43 Å². The molecule has 0 spiro atoms. The highest BCUT2D eigenvalue weighted by Gasteiger charge is 2.13. The molecule has 0 aliphatic rings. The van der Waals surface area contributed by atoms with Gasteiger partial charge in [0.05, 0.1) is 12.8 Å². The van der Waals surface area contributed by atoms with Crippen LogP contribution in [0, 0.1) is 6.92 Å². The number of benzene rings is 3. The molecule has 0 unspecified atom stereocenters. The van der Waals surface area contributed by atoms with E-state index in [1.807, 2.05) is 68.4 Å². The molecule has 0 bridgehead atoms. The molecule has 3 aromatic rings. The zero-order valence-electron chi connectivity index (χ0n) is 20.1. The molecule has 0 aliphatic heterocycles. The minimum absolute atomic E-state index is 0.198. The van der Waals surface area contributed by atoms with E-state index in [2.05, 4.69) is 21.2 Å². The van der Waals surface area contributed by atoms with Crippen molar-refractivity contribution in [3.05, 3.63) is 89.5 Å². The van der Waals surface area contributed by atoms with Gasteiger partial charge in [0, 0.05) is 12.2 Å². The highest BCUT2D eigenvalue weighted by atomic mass is 16.5. The van der Waals surface area contributed by atoms with E-state index in [0.717, 1.165) is 16.8 Å².